The largest absolute Gasteiger partial charge is 0.493 e. The minimum Gasteiger partial charge on any atom is -0.493 e. The summed E-state index contributed by atoms with van der Waals surface area (Å²) in [6.07, 6.45) is 7.72. The van der Waals surface area contributed by atoms with Crippen LogP contribution in [0.2, 0.25) is 0 Å². The van der Waals surface area contributed by atoms with E-state index in [4.69, 9.17) is 18.9 Å². The first kappa shape index (κ1) is 31.2. The molecule has 2 aromatic carbocycles. The molecule has 0 N–H and O–H groups in total. The van der Waals surface area contributed by atoms with Crippen molar-refractivity contribution >= 4 is 40.2 Å². The summed E-state index contributed by atoms with van der Waals surface area (Å²) >= 11 is 4.94. The Bertz CT molecular complexity index is 1130. The maximum Gasteiger partial charge on any atom is 0.136 e. The second-order valence-corrected chi connectivity index (χ2v) is 12.2. The second kappa shape index (κ2) is 16.7. The second-order valence-electron chi connectivity index (χ2n) is 8.74. The van der Waals surface area contributed by atoms with Gasteiger partial charge < -0.3 is 18.9 Å². The van der Waals surface area contributed by atoms with Gasteiger partial charge in [-0.15, -0.1) is 0 Å². The summed E-state index contributed by atoms with van der Waals surface area (Å²) in [5, 5.41) is 0. The molecule has 1 aliphatic heterocycles. The molecule has 0 atom stereocenters. The molecular weight excluding hydrogens is 545 g/mol. The van der Waals surface area contributed by atoms with E-state index in [9.17, 15) is 0 Å². The first-order valence-electron chi connectivity index (χ1n) is 13.6. The lowest BCUT2D eigenvalue weighted by Gasteiger charge is -2.20. The number of hydrogen-bond acceptors (Lipinski definition) is 7. The third-order valence-electron chi connectivity index (χ3n) is 5.34. The molecule has 0 aliphatic carbocycles. The Labute approximate surface area is 247 Å². The highest BCUT2D eigenvalue weighted by molar-refractivity contribution is 8.27. The third-order valence-corrected chi connectivity index (χ3v) is 9.03. The summed E-state index contributed by atoms with van der Waals surface area (Å²) < 4.78 is 25.8. The maximum absolute atomic E-state index is 6.22. The summed E-state index contributed by atoms with van der Waals surface area (Å²) in [6.45, 7) is 19.5. The minimum atomic E-state index is 0.632. The molecule has 1 aliphatic rings. The van der Waals surface area contributed by atoms with Gasteiger partial charge in [-0.3, -0.25) is 0 Å². The summed E-state index contributed by atoms with van der Waals surface area (Å²) in [5.74, 6) is 3.27. The molecule has 0 radical (unpaired) electrons. The lowest BCUT2D eigenvalue weighted by Crippen LogP contribution is -2.03. The number of rotatable bonds is 16. The zero-order chi connectivity index (χ0) is 28.0. The van der Waals surface area contributed by atoms with Gasteiger partial charge in [-0.25, -0.2) is 0 Å². The highest BCUT2D eigenvalue weighted by atomic mass is 32.2. The fraction of sp³-hybridized carbons (Fsp3) is 0.375. The third kappa shape index (κ3) is 8.82. The molecule has 1 heterocycles. The van der Waals surface area contributed by atoms with Gasteiger partial charge in [-0.1, -0.05) is 94.3 Å². The fourth-order valence-corrected chi connectivity index (χ4v) is 7.22. The predicted molar refractivity (Wildman–Crippen MR) is 171 cm³/mol. The van der Waals surface area contributed by atoms with E-state index < -0.39 is 0 Å². The number of allylic oxidation sites excluding steroid dienone is 2. The van der Waals surface area contributed by atoms with Crippen LogP contribution >= 0.6 is 35.3 Å². The van der Waals surface area contributed by atoms with Crippen LogP contribution in [-0.2, 0) is 0 Å². The number of thioether (sulfide) groups is 3. The fourth-order valence-electron chi connectivity index (χ4n) is 3.62. The molecule has 39 heavy (non-hydrogen) atoms. The van der Waals surface area contributed by atoms with Crippen LogP contribution in [0.1, 0.15) is 58.9 Å². The molecule has 0 unspecified atom stereocenters. The van der Waals surface area contributed by atoms with E-state index >= 15 is 0 Å². The summed E-state index contributed by atoms with van der Waals surface area (Å²) in [7, 11) is 0. The van der Waals surface area contributed by atoms with E-state index in [1.54, 1.807) is 35.3 Å². The van der Waals surface area contributed by atoms with Crippen LogP contribution in [0.3, 0.4) is 0 Å². The Kier molecular flexibility index (Phi) is 13.3. The summed E-state index contributed by atoms with van der Waals surface area (Å²) in [5.41, 5.74) is 0.951. The van der Waals surface area contributed by atoms with Crippen LogP contribution in [0.15, 0.2) is 80.7 Å². The average molecular weight is 585 g/mol. The van der Waals surface area contributed by atoms with Gasteiger partial charge in [-0.2, -0.15) is 0 Å². The lowest BCUT2D eigenvalue weighted by molar-refractivity contribution is 0.288. The van der Waals surface area contributed by atoms with Crippen LogP contribution in [0.25, 0.3) is 4.91 Å². The van der Waals surface area contributed by atoms with E-state index in [1.165, 1.54) is 0 Å². The normalized spacial score (nSPS) is 13.5. The smallest absolute Gasteiger partial charge is 0.136 e. The van der Waals surface area contributed by atoms with Crippen molar-refractivity contribution in [1.82, 2.24) is 0 Å². The van der Waals surface area contributed by atoms with Gasteiger partial charge >= 0.3 is 0 Å². The molecular formula is C32H40O4S3. The zero-order valence-corrected chi connectivity index (χ0v) is 26.0. The van der Waals surface area contributed by atoms with Gasteiger partial charge in [0.05, 0.1) is 41.1 Å². The monoisotopic (exact) mass is 584 g/mol. The van der Waals surface area contributed by atoms with E-state index in [-0.39, 0.29) is 0 Å². The predicted octanol–water partition coefficient (Wildman–Crippen LogP) is 10.3. The van der Waals surface area contributed by atoms with Crippen LogP contribution in [0.5, 0.6) is 23.0 Å². The van der Waals surface area contributed by atoms with Crippen LogP contribution in [-0.4, -0.2) is 26.4 Å². The first-order valence-corrected chi connectivity index (χ1v) is 16.1. The zero-order valence-electron chi connectivity index (χ0n) is 23.5. The number of benzene rings is 2. The van der Waals surface area contributed by atoms with Gasteiger partial charge in [-0.05, 0) is 56.0 Å². The van der Waals surface area contributed by atoms with E-state index in [2.05, 4.69) is 46.9 Å². The molecule has 0 fully saturated rings. The average Bonchev–Trinajstić information content (AvgIpc) is 3.11. The molecule has 3 rings (SSSR count). The van der Waals surface area contributed by atoms with Crippen LogP contribution in [0, 0.1) is 0 Å². The number of ether oxygens (including phenoxy) is 4. The van der Waals surface area contributed by atoms with E-state index in [0.717, 1.165) is 78.1 Å². The SMILES string of the molecule is C=CC1=C(Sc2c(OCCC)cccc2OCCC)SC(c2c(OCCC)cccc2OCCC)=CC(=C)S1. The molecule has 0 saturated carbocycles. The van der Waals surface area contributed by atoms with Crippen molar-refractivity contribution in [1.29, 1.82) is 0 Å². The Morgan fingerprint density at radius 1 is 0.718 bits per heavy atom. The molecule has 0 bridgehead atoms. The molecule has 0 aromatic heterocycles. The molecule has 0 amide bonds. The van der Waals surface area contributed by atoms with Gasteiger partial charge in [0.1, 0.15) is 23.0 Å². The summed E-state index contributed by atoms with van der Waals surface area (Å²) in [4.78, 5) is 3.95. The van der Waals surface area contributed by atoms with Crippen molar-refractivity contribution in [2.45, 2.75) is 58.3 Å². The molecule has 0 saturated heterocycles. The van der Waals surface area contributed by atoms with Gasteiger partial charge in [0.15, 0.2) is 0 Å². The highest BCUT2D eigenvalue weighted by Gasteiger charge is 2.25. The van der Waals surface area contributed by atoms with Crippen molar-refractivity contribution in [3.8, 4) is 23.0 Å². The van der Waals surface area contributed by atoms with Crippen molar-refractivity contribution < 1.29 is 18.9 Å². The molecule has 0 spiro atoms. The Balaban J connectivity index is 2.09. The van der Waals surface area contributed by atoms with E-state index in [1.807, 2.05) is 42.5 Å². The standard InChI is InChI=1S/C32H40O4S3/c1-7-18-33-24-14-12-15-25(34-19-8-2)30(24)29-22-23(6)37-28(11-5)32(38-29)39-31-26(35-20-9-3)16-13-17-27(31)36-21-10-4/h11-17,22H,5-10,18-21H2,1-4H3. The maximum atomic E-state index is 6.22. The lowest BCUT2D eigenvalue weighted by atomic mass is 10.1. The first-order chi connectivity index (χ1) is 19.1. The van der Waals surface area contributed by atoms with Crippen molar-refractivity contribution in [3.05, 3.63) is 81.3 Å². The molecule has 7 heteroatoms. The van der Waals surface area contributed by atoms with Crippen molar-refractivity contribution in [3.63, 3.8) is 0 Å². The molecule has 4 nitrogen and oxygen atoms in total. The highest BCUT2D eigenvalue weighted by Crippen LogP contribution is 2.56. The molecule has 2 aromatic rings. The Morgan fingerprint density at radius 2 is 1.18 bits per heavy atom. The van der Waals surface area contributed by atoms with E-state index in [0.29, 0.717) is 26.4 Å². The molecule has 210 valence electrons. The van der Waals surface area contributed by atoms with Crippen molar-refractivity contribution in [2.75, 3.05) is 26.4 Å². The topological polar surface area (TPSA) is 36.9 Å². The van der Waals surface area contributed by atoms with Gasteiger partial charge in [0, 0.05) is 14.7 Å². The van der Waals surface area contributed by atoms with Crippen LogP contribution < -0.4 is 18.9 Å². The van der Waals surface area contributed by atoms with Gasteiger partial charge in [0.2, 0.25) is 0 Å². The Hall–Kier alpha value is -2.35. The summed E-state index contributed by atoms with van der Waals surface area (Å²) in [6, 6.07) is 12.0. The van der Waals surface area contributed by atoms with Crippen molar-refractivity contribution in [2.24, 2.45) is 0 Å². The van der Waals surface area contributed by atoms with Gasteiger partial charge in [0.25, 0.3) is 0 Å². The quantitative estimate of drug-likeness (QED) is 0.194. The van der Waals surface area contributed by atoms with Crippen LogP contribution in [0.4, 0.5) is 0 Å². The minimum absolute atomic E-state index is 0.632. The number of hydrogen-bond donors (Lipinski definition) is 0. The Morgan fingerprint density at radius 3 is 1.64 bits per heavy atom.